The average molecular weight is 314 g/mol. The Bertz CT molecular complexity index is 728. The molecule has 0 unspecified atom stereocenters. The quantitative estimate of drug-likeness (QED) is 0.852. The number of halogens is 1. The van der Waals surface area contributed by atoms with Crippen molar-refractivity contribution in [3.8, 4) is 5.75 Å². The SMILES string of the molecule is CNS(=O)(=O)c1ccc(CNc2ccc(F)c(OC)c2)o1. The van der Waals surface area contributed by atoms with Crippen molar-refractivity contribution >= 4 is 15.7 Å². The molecule has 0 radical (unpaired) electrons. The molecule has 2 N–H and O–H groups in total. The van der Waals surface area contributed by atoms with Gasteiger partial charge in [0, 0.05) is 11.8 Å². The lowest BCUT2D eigenvalue weighted by molar-refractivity contribution is 0.386. The van der Waals surface area contributed by atoms with Crippen LogP contribution in [0.25, 0.3) is 0 Å². The summed E-state index contributed by atoms with van der Waals surface area (Å²) in [6.07, 6.45) is 0. The number of furan rings is 1. The minimum Gasteiger partial charge on any atom is -0.494 e. The van der Waals surface area contributed by atoms with Crippen molar-refractivity contribution in [1.29, 1.82) is 0 Å². The van der Waals surface area contributed by atoms with E-state index in [4.69, 9.17) is 9.15 Å². The minimum absolute atomic E-state index is 0.123. The first-order valence-corrected chi connectivity index (χ1v) is 7.54. The van der Waals surface area contributed by atoms with Crippen molar-refractivity contribution in [2.45, 2.75) is 11.6 Å². The number of nitrogens with one attached hydrogen (secondary N) is 2. The summed E-state index contributed by atoms with van der Waals surface area (Å²) >= 11 is 0. The molecule has 0 spiro atoms. The molecule has 0 aliphatic heterocycles. The maximum Gasteiger partial charge on any atom is 0.273 e. The number of anilines is 1. The van der Waals surface area contributed by atoms with Gasteiger partial charge in [-0.05, 0) is 31.3 Å². The molecule has 1 aromatic heterocycles. The van der Waals surface area contributed by atoms with Gasteiger partial charge in [0.15, 0.2) is 11.6 Å². The second kappa shape index (κ2) is 6.15. The van der Waals surface area contributed by atoms with Crippen molar-refractivity contribution in [2.75, 3.05) is 19.5 Å². The number of hydrogen-bond acceptors (Lipinski definition) is 5. The van der Waals surface area contributed by atoms with Crippen molar-refractivity contribution in [2.24, 2.45) is 0 Å². The molecule has 6 nitrogen and oxygen atoms in total. The number of hydrogen-bond donors (Lipinski definition) is 2. The normalized spacial score (nSPS) is 11.4. The Morgan fingerprint density at radius 2 is 2.05 bits per heavy atom. The van der Waals surface area contributed by atoms with Crippen molar-refractivity contribution < 1.29 is 22.0 Å². The third-order valence-electron chi connectivity index (χ3n) is 2.79. The fourth-order valence-electron chi connectivity index (χ4n) is 1.66. The highest BCUT2D eigenvalue weighted by Crippen LogP contribution is 2.22. The van der Waals surface area contributed by atoms with E-state index in [1.54, 1.807) is 12.1 Å². The summed E-state index contributed by atoms with van der Waals surface area (Å²) in [5, 5.41) is 2.84. The number of benzene rings is 1. The van der Waals surface area contributed by atoms with Gasteiger partial charge in [-0.2, -0.15) is 0 Å². The first kappa shape index (κ1) is 15.3. The Morgan fingerprint density at radius 1 is 1.29 bits per heavy atom. The summed E-state index contributed by atoms with van der Waals surface area (Å²) in [5.41, 5.74) is 0.627. The number of rotatable bonds is 6. The smallest absolute Gasteiger partial charge is 0.273 e. The molecule has 1 aromatic carbocycles. The summed E-state index contributed by atoms with van der Waals surface area (Å²) < 4.78 is 48.6. The zero-order valence-corrected chi connectivity index (χ0v) is 12.3. The average Bonchev–Trinajstić information content (AvgIpc) is 2.96. The molecule has 0 aliphatic carbocycles. The van der Waals surface area contributed by atoms with Crippen molar-refractivity contribution in [3.63, 3.8) is 0 Å². The van der Waals surface area contributed by atoms with Crippen LogP contribution in [0.4, 0.5) is 10.1 Å². The van der Waals surface area contributed by atoms with Crippen LogP contribution in [0.1, 0.15) is 5.76 Å². The Kier molecular flexibility index (Phi) is 4.49. The Labute approximate surface area is 122 Å². The lowest BCUT2D eigenvalue weighted by Crippen LogP contribution is -2.17. The van der Waals surface area contributed by atoms with Crippen molar-refractivity contribution in [3.05, 3.63) is 41.9 Å². The van der Waals surface area contributed by atoms with E-state index < -0.39 is 15.8 Å². The molecule has 8 heteroatoms. The Morgan fingerprint density at radius 3 is 2.71 bits per heavy atom. The Hall–Kier alpha value is -2.06. The van der Waals surface area contributed by atoms with Gasteiger partial charge in [0.05, 0.1) is 13.7 Å². The zero-order chi connectivity index (χ0) is 15.5. The second-order valence-corrected chi connectivity index (χ2v) is 5.95. The van der Waals surface area contributed by atoms with Gasteiger partial charge in [0.1, 0.15) is 5.76 Å². The van der Waals surface area contributed by atoms with Crippen LogP contribution in [0.5, 0.6) is 5.75 Å². The first-order valence-electron chi connectivity index (χ1n) is 6.06. The summed E-state index contributed by atoms with van der Waals surface area (Å²) in [6, 6.07) is 7.25. The fourth-order valence-corrected chi connectivity index (χ4v) is 2.32. The monoisotopic (exact) mass is 314 g/mol. The van der Waals surface area contributed by atoms with Gasteiger partial charge in [-0.15, -0.1) is 0 Å². The molecule has 21 heavy (non-hydrogen) atoms. The molecule has 0 fully saturated rings. The lowest BCUT2D eigenvalue weighted by atomic mass is 10.3. The summed E-state index contributed by atoms with van der Waals surface area (Å²) in [7, 11) is -0.906. The summed E-state index contributed by atoms with van der Waals surface area (Å²) in [5.74, 6) is 0.105. The van der Waals surface area contributed by atoms with E-state index in [0.717, 1.165) is 0 Å². The Balaban J connectivity index is 2.07. The first-order chi connectivity index (χ1) is 9.96. The van der Waals surface area contributed by atoms with Gasteiger partial charge < -0.3 is 14.5 Å². The summed E-state index contributed by atoms with van der Waals surface area (Å²) in [6.45, 7) is 0.258. The molecular formula is C13H15FN2O4S. The van der Waals surface area contributed by atoms with Crippen LogP contribution < -0.4 is 14.8 Å². The van der Waals surface area contributed by atoms with E-state index in [2.05, 4.69) is 10.0 Å². The van der Waals surface area contributed by atoms with E-state index in [1.807, 2.05) is 0 Å². The summed E-state index contributed by atoms with van der Waals surface area (Å²) in [4.78, 5) is 0. The molecule has 2 rings (SSSR count). The number of sulfonamides is 1. The molecule has 0 amide bonds. The van der Waals surface area contributed by atoms with Gasteiger partial charge in [-0.25, -0.2) is 17.5 Å². The van der Waals surface area contributed by atoms with E-state index in [-0.39, 0.29) is 17.4 Å². The van der Waals surface area contributed by atoms with Crippen LogP contribution in [0.15, 0.2) is 39.8 Å². The molecule has 0 aliphatic rings. The van der Waals surface area contributed by atoms with Crippen LogP contribution in [-0.2, 0) is 16.6 Å². The maximum absolute atomic E-state index is 13.3. The third kappa shape index (κ3) is 3.53. The predicted molar refractivity (Wildman–Crippen MR) is 75.2 cm³/mol. The van der Waals surface area contributed by atoms with Gasteiger partial charge in [0.2, 0.25) is 5.09 Å². The molecule has 2 aromatic rings. The van der Waals surface area contributed by atoms with E-state index in [0.29, 0.717) is 11.4 Å². The van der Waals surface area contributed by atoms with E-state index >= 15 is 0 Å². The van der Waals surface area contributed by atoms with Gasteiger partial charge in [-0.1, -0.05) is 0 Å². The van der Waals surface area contributed by atoms with Crippen LogP contribution in [0.3, 0.4) is 0 Å². The van der Waals surface area contributed by atoms with Gasteiger partial charge in [0.25, 0.3) is 10.0 Å². The molecular weight excluding hydrogens is 299 g/mol. The van der Waals surface area contributed by atoms with Gasteiger partial charge >= 0.3 is 0 Å². The number of methoxy groups -OCH3 is 1. The fraction of sp³-hybridized carbons (Fsp3) is 0.231. The molecule has 114 valence electrons. The highest BCUT2D eigenvalue weighted by atomic mass is 32.2. The zero-order valence-electron chi connectivity index (χ0n) is 11.5. The molecule has 1 heterocycles. The predicted octanol–water partition coefficient (Wildman–Crippen LogP) is 1.95. The number of ether oxygens (including phenoxy) is 1. The molecule has 0 saturated carbocycles. The van der Waals surface area contributed by atoms with Crippen LogP contribution in [0.2, 0.25) is 0 Å². The third-order valence-corrected chi connectivity index (χ3v) is 4.08. The highest BCUT2D eigenvalue weighted by molar-refractivity contribution is 7.89. The highest BCUT2D eigenvalue weighted by Gasteiger charge is 2.16. The van der Waals surface area contributed by atoms with Gasteiger partial charge in [-0.3, -0.25) is 0 Å². The largest absolute Gasteiger partial charge is 0.494 e. The van der Waals surface area contributed by atoms with Crippen LogP contribution >= 0.6 is 0 Å². The standard InChI is InChI=1S/C13H15FN2O4S/c1-15-21(17,18)13-6-4-10(20-13)8-16-9-3-5-11(14)12(7-9)19-2/h3-7,15-16H,8H2,1-2H3. The topological polar surface area (TPSA) is 80.6 Å². The molecule has 0 saturated heterocycles. The molecule has 0 atom stereocenters. The van der Waals surface area contributed by atoms with Crippen molar-refractivity contribution in [1.82, 2.24) is 4.72 Å². The lowest BCUT2D eigenvalue weighted by Gasteiger charge is -2.07. The van der Waals surface area contributed by atoms with Crippen LogP contribution in [-0.4, -0.2) is 22.6 Å². The molecule has 0 bridgehead atoms. The second-order valence-electron chi connectivity index (χ2n) is 4.13. The van der Waals surface area contributed by atoms with E-state index in [9.17, 15) is 12.8 Å². The minimum atomic E-state index is -3.59. The van der Waals surface area contributed by atoms with Crippen LogP contribution in [0, 0.1) is 5.82 Å². The van der Waals surface area contributed by atoms with E-state index in [1.165, 1.54) is 32.4 Å². The maximum atomic E-state index is 13.3.